The van der Waals surface area contributed by atoms with Crippen LogP contribution in [0.2, 0.25) is 0 Å². The summed E-state index contributed by atoms with van der Waals surface area (Å²) < 4.78 is 39.4. The van der Waals surface area contributed by atoms with Crippen LogP contribution in [0.4, 0.5) is 13.2 Å². The van der Waals surface area contributed by atoms with Crippen LogP contribution in [0.15, 0.2) is 24.3 Å². The van der Waals surface area contributed by atoms with Crippen LogP contribution in [0.5, 0.6) is 0 Å². The van der Waals surface area contributed by atoms with Gasteiger partial charge in [0.05, 0.1) is 5.56 Å². The van der Waals surface area contributed by atoms with Gasteiger partial charge in [0.15, 0.2) is 0 Å². The van der Waals surface area contributed by atoms with Crippen LogP contribution in [0, 0.1) is 11.3 Å². The number of rotatable bonds is 3. The minimum atomic E-state index is -4.45. The van der Waals surface area contributed by atoms with E-state index in [-0.39, 0.29) is 29.8 Å². The van der Waals surface area contributed by atoms with Gasteiger partial charge in [0.1, 0.15) is 0 Å². The first kappa shape index (κ1) is 21.3. The highest BCUT2D eigenvalue weighted by Crippen LogP contribution is 2.32. The molecule has 2 rings (SSSR count). The highest BCUT2D eigenvalue weighted by molar-refractivity contribution is 5.82. The molecule has 0 unspecified atom stereocenters. The summed E-state index contributed by atoms with van der Waals surface area (Å²) in [6.07, 6.45) is -3.38. The fraction of sp³-hybridized carbons (Fsp3) is 0.600. The molecule has 2 amide bonds. The fourth-order valence-corrected chi connectivity index (χ4v) is 3.38. The number of hydrogen-bond acceptors (Lipinski definition) is 2. The van der Waals surface area contributed by atoms with Gasteiger partial charge in [-0.2, -0.15) is 13.2 Å². The highest BCUT2D eigenvalue weighted by atomic mass is 19.4. The number of benzene rings is 1. The second kappa shape index (κ2) is 7.90. The molecule has 1 heterocycles. The maximum atomic E-state index is 13.1. The van der Waals surface area contributed by atoms with Crippen molar-refractivity contribution in [2.75, 3.05) is 20.1 Å². The number of hydrogen-bond donors (Lipinski definition) is 0. The molecule has 0 radical (unpaired) electrons. The van der Waals surface area contributed by atoms with E-state index in [9.17, 15) is 22.8 Å². The van der Waals surface area contributed by atoms with Crippen LogP contribution >= 0.6 is 0 Å². The number of likely N-dealkylation sites (tertiary alicyclic amines) is 1. The zero-order valence-electron chi connectivity index (χ0n) is 16.3. The molecule has 0 spiro atoms. The van der Waals surface area contributed by atoms with Crippen molar-refractivity contribution in [1.82, 2.24) is 9.80 Å². The van der Waals surface area contributed by atoms with Crippen molar-refractivity contribution in [1.29, 1.82) is 0 Å². The van der Waals surface area contributed by atoms with Crippen LogP contribution in [-0.4, -0.2) is 41.8 Å². The van der Waals surface area contributed by atoms with Crippen LogP contribution in [0.25, 0.3) is 0 Å². The predicted octanol–water partition coefficient (Wildman–Crippen LogP) is 3.95. The van der Waals surface area contributed by atoms with Crippen molar-refractivity contribution in [3.05, 3.63) is 35.4 Å². The molecule has 1 aromatic carbocycles. The predicted molar refractivity (Wildman–Crippen MR) is 96.7 cm³/mol. The number of piperidine rings is 1. The van der Waals surface area contributed by atoms with E-state index in [0.29, 0.717) is 25.9 Å². The quantitative estimate of drug-likeness (QED) is 0.792. The van der Waals surface area contributed by atoms with Gasteiger partial charge in [-0.3, -0.25) is 9.59 Å². The molecule has 1 aromatic rings. The van der Waals surface area contributed by atoms with Gasteiger partial charge >= 0.3 is 6.18 Å². The summed E-state index contributed by atoms with van der Waals surface area (Å²) in [6, 6.07) is 5.32. The van der Waals surface area contributed by atoms with Gasteiger partial charge in [-0.05, 0) is 24.5 Å². The van der Waals surface area contributed by atoms with Crippen molar-refractivity contribution >= 4 is 11.8 Å². The molecule has 0 bridgehead atoms. The Bertz CT molecular complexity index is 687. The largest absolute Gasteiger partial charge is 0.416 e. The lowest BCUT2D eigenvalue weighted by molar-refractivity contribution is -0.145. The molecule has 0 aromatic heterocycles. The van der Waals surface area contributed by atoms with E-state index >= 15 is 0 Å². The summed E-state index contributed by atoms with van der Waals surface area (Å²) in [7, 11) is 1.53. The summed E-state index contributed by atoms with van der Waals surface area (Å²) in [5.41, 5.74) is -1.09. The minimum Gasteiger partial charge on any atom is -0.342 e. The Morgan fingerprint density at radius 3 is 2.19 bits per heavy atom. The van der Waals surface area contributed by atoms with Crippen LogP contribution in [0.1, 0.15) is 44.7 Å². The molecular formula is C20H27F3N2O2. The average molecular weight is 384 g/mol. The summed E-state index contributed by atoms with van der Waals surface area (Å²) in [5.74, 6) is -0.382. The topological polar surface area (TPSA) is 40.6 Å². The summed E-state index contributed by atoms with van der Waals surface area (Å²) in [5, 5.41) is 0. The van der Waals surface area contributed by atoms with Gasteiger partial charge in [-0.1, -0.05) is 39.0 Å². The maximum Gasteiger partial charge on any atom is 0.416 e. The van der Waals surface area contributed by atoms with Crippen LogP contribution < -0.4 is 0 Å². The number of alkyl halides is 3. The highest BCUT2D eigenvalue weighted by Gasteiger charge is 2.35. The summed E-state index contributed by atoms with van der Waals surface area (Å²) in [6.45, 7) is 6.49. The Labute approximate surface area is 158 Å². The van der Waals surface area contributed by atoms with Crippen molar-refractivity contribution in [3.8, 4) is 0 Å². The smallest absolute Gasteiger partial charge is 0.342 e. The Balaban J connectivity index is 1.99. The number of carbonyl (C=O) groups is 2. The van der Waals surface area contributed by atoms with E-state index < -0.39 is 17.2 Å². The average Bonchev–Trinajstić information content (AvgIpc) is 2.59. The lowest BCUT2D eigenvalue weighted by atomic mass is 9.90. The lowest BCUT2D eigenvalue weighted by Gasteiger charge is -2.36. The molecule has 0 N–H and O–H groups in total. The second-order valence-electron chi connectivity index (χ2n) is 8.17. The third-order valence-electron chi connectivity index (χ3n) is 4.88. The molecule has 27 heavy (non-hydrogen) atoms. The first-order valence-electron chi connectivity index (χ1n) is 9.10. The molecule has 0 saturated carbocycles. The maximum absolute atomic E-state index is 13.1. The normalized spacial score (nSPS) is 16.3. The van der Waals surface area contributed by atoms with Crippen molar-refractivity contribution in [2.24, 2.45) is 11.3 Å². The molecule has 1 aliphatic rings. The van der Waals surface area contributed by atoms with Crippen molar-refractivity contribution < 1.29 is 22.8 Å². The monoisotopic (exact) mass is 384 g/mol. The molecule has 0 aliphatic carbocycles. The van der Waals surface area contributed by atoms with Gasteiger partial charge in [0.2, 0.25) is 11.8 Å². The van der Waals surface area contributed by atoms with Gasteiger partial charge in [-0.15, -0.1) is 0 Å². The second-order valence-corrected chi connectivity index (χ2v) is 8.17. The van der Waals surface area contributed by atoms with Gasteiger partial charge in [0.25, 0.3) is 0 Å². The zero-order valence-corrected chi connectivity index (χ0v) is 16.3. The first-order valence-corrected chi connectivity index (χ1v) is 9.10. The molecule has 0 atom stereocenters. The SMILES string of the molecule is CN(Cc1ccccc1C(F)(F)F)C(=O)C1CCN(C(=O)C(C)(C)C)CC1. The molecule has 1 fully saturated rings. The Morgan fingerprint density at radius 1 is 1.11 bits per heavy atom. The summed E-state index contributed by atoms with van der Waals surface area (Å²) in [4.78, 5) is 28.1. The van der Waals surface area contributed by atoms with E-state index in [1.54, 1.807) is 11.0 Å². The van der Waals surface area contributed by atoms with Crippen LogP contribution in [0.3, 0.4) is 0 Å². The van der Waals surface area contributed by atoms with E-state index in [0.717, 1.165) is 6.07 Å². The zero-order chi connectivity index (χ0) is 20.4. The number of nitrogens with zero attached hydrogens (tertiary/aromatic N) is 2. The Kier molecular flexibility index (Phi) is 6.22. The molecule has 7 heteroatoms. The molecular weight excluding hydrogens is 357 g/mol. The van der Waals surface area contributed by atoms with Gasteiger partial charge < -0.3 is 9.80 Å². The Morgan fingerprint density at radius 2 is 1.67 bits per heavy atom. The lowest BCUT2D eigenvalue weighted by Crippen LogP contribution is -2.46. The van der Waals surface area contributed by atoms with Crippen molar-refractivity contribution in [2.45, 2.75) is 46.3 Å². The fourth-order valence-electron chi connectivity index (χ4n) is 3.38. The Hall–Kier alpha value is -2.05. The third kappa shape index (κ3) is 5.23. The van der Waals surface area contributed by atoms with E-state index in [4.69, 9.17) is 0 Å². The molecule has 4 nitrogen and oxygen atoms in total. The molecule has 1 saturated heterocycles. The van der Waals surface area contributed by atoms with Crippen LogP contribution in [-0.2, 0) is 22.3 Å². The first-order chi connectivity index (χ1) is 12.4. The molecule has 1 aliphatic heterocycles. The standard InChI is InChI=1S/C20H27F3N2O2/c1-19(2,3)18(27)25-11-9-14(10-12-25)17(26)24(4)13-15-7-5-6-8-16(15)20(21,22)23/h5-8,14H,9-13H2,1-4H3. The number of halogens is 3. The number of amides is 2. The van der Waals surface area contributed by atoms with E-state index in [1.807, 2.05) is 20.8 Å². The van der Waals surface area contributed by atoms with E-state index in [2.05, 4.69) is 0 Å². The number of carbonyl (C=O) groups excluding carboxylic acids is 2. The third-order valence-corrected chi connectivity index (χ3v) is 4.88. The van der Waals surface area contributed by atoms with Crippen molar-refractivity contribution in [3.63, 3.8) is 0 Å². The summed E-state index contributed by atoms with van der Waals surface area (Å²) >= 11 is 0. The van der Waals surface area contributed by atoms with Gasteiger partial charge in [-0.25, -0.2) is 0 Å². The molecule has 150 valence electrons. The minimum absolute atomic E-state index is 0.0564. The van der Waals surface area contributed by atoms with Gasteiger partial charge in [0, 0.05) is 38.0 Å². The van der Waals surface area contributed by atoms with E-state index in [1.165, 1.54) is 24.1 Å².